The Kier molecular flexibility index (Phi) is 5.16. The molecule has 1 aliphatic rings. The monoisotopic (exact) mass is 424 g/mol. The highest BCUT2D eigenvalue weighted by atomic mass is 19.1. The minimum absolute atomic E-state index is 0.0325. The van der Waals surface area contributed by atoms with E-state index in [-0.39, 0.29) is 24.3 Å². The third-order valence-electron chi connectivity index (χ3n) is 5.13. The van der Waals surface area contributed by atoms with E-state index in [0.717, 1.165) is 27.7 Å². The number of amides is 2. The number of rotatable bonds is 2. The van der Waals surface area contributed by atoms with E-state index in [9.17, 15) is 14.0 Å². The van der Waals surface area contributed by atoms with Crippen LogP contribution in [0, 0.1) is 12.7 Å². The zero-order valence-corrected chi connectivity index (χ0v) is 18.0. The summed E-state index contributed by atoms with van der Waals surface area (Å²) in [5, 5.41) is 8.30. The van der Waals surface area contributed by atoms with Crippen LogP contribution in [0.1, 0.15) is 37.9 Å². The van der Waals surface area contributed by atoms with E-state index in [1.165, 1.54) is 17.0 Å². The summed E-state index contributed by atoms with van der Waals surface area (Å²) in [6.07, 6.45) is 1.23. The first kappa shape index (κ1) is 20.8. The Morgan fingerprint density at radius 1 is 1.23 bits per heavy atom. The number of nitrogens with zero attached hydrogens (tertiary/aromatic N) is 3. The predicted octanol–water partition coefficient (Wildman–Crippen LogP) is 3.88. The van der Waals surface area contributed by atoms with Crippen molar-refractivity contribution < 1.29 is 18.7 Å². The van der Waals surface area contributed by atoms with Gasteiger partial charge in [-0.05, 0) is 75.2 Å². The Hall–Kier alpha value is -3.42. The highest BCUT2D eigenvalue weighted by molar-refractivity contribution is 5.85. The molecule has 2 amide bonds. The molecule has 1 atom stereocenters. The van der Waals surface area contributed by atoms with Crippen molar-refractivity contribution in [3.05, 3.63) is 59.5 Å². The Morgan fingerprint density at radius 2 is 1.94 bits per heavy atom. The normalized spacial score (nSPS) is 17.0. The molecule has 0 radical (unpaired) electrons. The lowest BCUT2D eigenvalue weighted by Gasteiger charge is -2.35. The molecule has 162 valence electrons. The lowest BCUT2D eigenvalue weighted by atomic mass is 9.97. The molecule has 0 spiro atoms. The van der Waals surface area contributed by atoms with Gasteiger partial charge in [0.1, 0.15) is 18.0 Å². The number of carbonyl (C=O) groups is 2. The van der Waals surface area contributed by atoms with E-state index in [1.54, 1.807) is 43.8 Å². The lowest BCUT2D eigenvalue weighted by Crippen LogP contribution is -2.52. The van der Waals surface area contributed by atoms with Gasteiger partial charge in [0.05, 0.1) is 23.4 Å². The van der Waals surface area contributed by atoms with Gasteiger partial charge >= 0.3 is 6.09 Å². The number of ether oxygens (including phenoxy) is 1. The van der Waals surface area contributed by atoms with E-state index in [2.05, 4.69) is 10.4 Å². The first-order chi connectivity index (χ1) is 14.6. The number of carbonyl (C=O) groups excluding carboxylic acids is 2. The summed E-state index contributed by atoms with van der Waals surface area (Å²) in [6.45, 7) is 7.62. The van der Waals surface area contributed by atoms with Gasteiger partial charge in [0, 0.05) is 11.9 Å². The molecule has 3 aromatic rings. The summed E-state index contributed by atoms with van der Waals surface area (Å²) in [7, 11) is 0. The SMILES string of the molecule is Cc1cc2c(cnn2-c2ccc(F)cc2)cc1C1CN(C(=O)OC(C)(C)C)CC(=O)N1. The number of hydrogen-bond acceptors (Lipinski definition) is 4. The molecule has 1 unspecified atom stereocenters. The number of aromatic nitrogens is 2. The van der Waals surface area contributed by atoms with E-state index < -0.39 is 11.7 Å². The van der Waals surface area contributed by atoms with Crippen molar-refractivity contribution in [3.8, 4) is 5.69 Å². The number of aryl methyl sites for hydroxylation is 1. The fourth-order valence-electron chi connectivity index (χ4n) is 3.75. The maximum absolute atomic E-state index is 13.3. The molecular weight excluding hydrogens is 399 g/mol. The number of hydrogen-bond donors (Lipinski definition) is 1. The molecule has 2 heterocycles. The van der Waals surface area contributed by atoms with Crippen molar-refractivity contribution in [2.45, 2.75) is 39.3 Å². The van der Waals surface area contributed by atoms with Crippen molar-refractivity contribution in [2.24, 2.45) is 0 Å². The number of piperazine rings is 1. The molecule has 0 saturated carbocycles. The Morgan fingerprint density at radius 3 is 2.61 bits per heavy atom. The predicted molar refractivity (Wildman–Crippen MR) is 114 cm³/mol. The number of nitrogens with one attached hydrogen (secondary N) is 1. The summed E-state index contributed by atoms with van der Waals surface area (Å²) >= 11 is 0. The van der Waals surface area contributed by atoms with Gasteiger partial charge in [0.25, 0.3) is 0 Å². The summed E-state index contributed by atoms with van der Waals surface area (Å²) < 4.78 is 20.5. The Labute approximate surface area is 179 Å². The molecule has 2 aromatic carbocycles. The standard InChI is InChI=1S/C23H25FN4O3/c1-14-9-20-15(11-25-28(20)17-7-5-16(24)6-8-17)10-18(14)19-12-27(13-21(29)26-19)22(30)31-23(2,3)4/h5-11,19H,12-13H2,1-4H3,(H,26,29). The molecule has 1 aliphatic heterocycles. The Bertz CT molecular complexity index is 1150. The summed E-state index contributed by atoms with van der Waals surface area (Å²) in [4.78, 5) is 26.2. The second-order valence-corrected chi connectivity index (χ2v) is 8.78. The molecular formula is C23H25FN4O3. The maximum Gasteiger partial charge on any atom is 0.410 e. The number of fused-ring (bicyclic) bond motifs is 1. The van der Waals surface area contributed by atoms with E-state index >= 15 is 0 Å². The number of benzene rings is 2. The van der Waals surface area contributed by atoms with Crippen LogP contribution in [0.5, 0.6) is 0 Å². The number of halogens is 1. The van der Waals surface area contributed by atoms with Gasteiger partial charge < -0.3 is 10.1 Å². The molecule has 7 nitrogen and oxygen atoms in total. The fourth-order valence-corrected chi connectivity index (χ4v) is 3.75. The second-order valence-electron chi connectivity index (χ2n) is 8.78. The van der Waals surface area contributed by atoms with Crippen LogP contribution in [-0.2, 0) is 9.53 Å². The fraction of sp³-hybridized carbons (Fsp3) is 0.348. The molecule has 1 aromatic heterocycles. The van der Waals surface area contributed by atoms with Gasteiger partial charge in [-0.25, -0.2) is 13.9 Å². The maximum atomic E-state index is 13.3. The molecule has 31 heavy (non-hydrogen) atoms. The molecule has 1 fully saturated rings. The first-order valence-electron chi connectivity index (χ1n) is 10.1. The third-order valence-corrected chi connectivity index (χ3v) is 5.13. The van der Waals surface area contributed by atoms with Crippen molar-refractivity contribution in [2.75, 3.05) is 13.1 Å². The zero-order chi connectivity index (χ0) is 22.3. The van der Waals surface area contributed by atoms with Crippen molar-refractivity contribution >= 4 is 22.9 Å². The van der Waals surface area contributed by atoms with E-state index in [4.69, 9.17) is 4.74 Å². The largest absolute Gasteiger partial charge is 0.444 e. The van der Waals surface area contributed by atoms with Crippen LogP contribution in [0.2, 0.25) is 0 Å². The molecule has 0 bridgehead atoms. The topological polar surface area (TPSA) is 76.5 Å². The van der Waals surface area contributed by atoms with Crippen LogP contribution in [0.4, 0.5) is 9.18 Å². The average molecular weight is 424 g/mol. The summed E-state index contributed by atoms with van der Waals surface area (Å²) in [6, 6.07) is 9.74. The van der Waals surface area contributed by atoms with Crippen molar-refractivity contribution in [3.63, 3.8) is 0 Å². The molecule has 1 saturated heterocycles. The van der Waals surface area contributed by atoms with Gasteiger partial charge in [-0.2, -0.15) is 5.10 Å². The molecule has 4 rings (SSSR count). The third kappa shape index (κ3) is 4.38. The van der Waals surface area contributed by atoms with Crippen molar-refractivity contribution in [1.82, 2.24) is 20.0 Å². The van der Waals surface area contributed by atoms with Crippen LogP contribution < -0.4 is 5.32 Å². The first-order valence-corrected chi connectivity index (χ1v) is 10.1. The van der Waals surface area contributed by atoms with Crippen LogP contribution >= 0.6 is 0 Å². The smallest absolute Gasteiger partial charge is 0.410 e. The minimum Gasteiger partial charge on any atom is -0.444 e. The van der Waals surface area contributed by atoms with Crippen LogP contribution in [0.3, 0.4) is 0 Å². The second kappa shape index (κ2) is 7.68. The van der Waals surface area contributed by atoms with Gasteiger partial charge in [0.15, 0.2) is 0 Å². The van der Waals surface area contributed by atoms with E-state index in [1.807, 2.05) is 19.1 Å². The highest BCUT2D eigenvalue weighted by Gasteiger charge is 2.32. The van der Waals surface area contributed by atoms with Crippen molar-refractivity contribution in [1.29, 1.82) is 0 Å². The minimum atomic E-state index is -0.635. The van der Waals surface area contributed by atoms with Gasteiger partial charge in [-0.3, -0.25) is 9.69 Å². The molecule has 8 heteroatoms. The summed E-state index contributed by atoms with van der Waals surface area (Å²) in [5.74, 6) is -0.537. The van der Waals surface area contributed by atoms with Crippen LogP contribution in [0.25, 0.3) is 16.6 Å². The highest BCUT2D eigenvalue weighted by Crippen LogP contribution is 2.28. The average Bonchev–Trinajstić information content (AvgIpc) is 3.09. The molecule has 1 N–H and O–H groups in total. The summed E-state index contributed by atoms with van der Waals surface area (Å²) in [5.41, 5.74) is 2.86. The van der Waals surface area contributed by atoms with Crippen LogP contribution in [-0.4, -0.2) is 45.4 Å². The van der Waals surface area contributed by atoms with E-state index in [0.29, 0.717) is 6.54 Å². The quantitative estimate of drug-likeness (QED) is 0.677. The van der Waals surface area contributed by atoms with Crippen LogP contribution in [0.15, 0.2) is 42.6 Å². The molecule has 0 aliphatic carbocycles. The van der Waals surface area contributed by atoms with Gasteiger partial charge in [-0.15, -0.1) is 0 Å². The van der Waals surface area contributed by atoms with Gasteiger partial charge in [0.2, 0.25) is 5.91 Å². The van der Waals surface area contributed by atoms with Gasteiger partial charge in [-0.1, -0.05) is 0 Å². The Balaban J connectivity index is 1.64. The zero-order valence-electron chi connectivity index (χ0n) is 18.0. The lowest BCUT2D eigenvalue weighted by molar-refractivity contribution is -0.125.